The maximum atomic E-state index is 13.5. The fourth-order valence-electron chi connectivity index (χ4n) is 2.48. The summed E-state index contributed by atoms with van der Waals surface area (Å²) >= 11 is 8.01. The summed E-state index contributed by atoms with van der Waals surface area (Å²) in [4.78, 5) is 16.2. The number of cyclic esters (lactones) is 1. The average Bonchev–Trinajstić information content (AvgIpc) is 3.00. The fourth-order valence-corrected chi connectivity index (χ4v) is 3.49. The Morgan fingerprint density at radius 2 is 1.96 bits per heavy atom. The molecule has 146 valence electrons. The van der Waals surface area contributed by atoms with Gasteiger partial charge in [0.25, 0.3) is 0 Å². The van der Waals surface area contributed by atoms with Gasteiger partial charge in [-0.15, -0.1) is 0 Å². The molecule has 0 saturated heterocycles. The second kappa shape index (κ2) is 8.44. The number of halogens is 4. The first-order valence-corrected chi connectivity index (χ1v) is 9.47. The van der Waals surface area contributed by atoms with Gasteiger partial charge in [-0.2, -0.15) is 0 Å². The number of carbonyl (C=O) groups is 1. The van der Waals surface area contributed by atoms with Crippen LogP contribution in [0.2, 0.25) is 5.02 Å². The van der Waals surface area contributed by atoms with Crippen LogP contribution in [0.4, 0.5) is 8.78 Å². The monoisotopic (exact) mass is 519 g/mol. The van der Waals surface area contributed by atoms with E-state index in [-0.39, 0.29) is 22.2 Å². The fraction of sp³-hybridized carbons (Fsp3) is 0.158. The number of methoxy groups -OCH3 is 1. The third-order valence-corrected chi connectivity index (χ3v) is 4.82. The molecule has 1 aliphatic rings. The van der Waals surface area contributed by atoms with Crippen molar-refractivity contribution in [2.75, 3.05) is 13.7 Å². The van der Waals surface area contributed by atoms with E-state index in [1.54, 1.807) is 12.1 Å². The van der Waals surface area contributed by atoms with E-state index in [1.807, 2.05) is 6.92 Å². The maximum absolute atomic E-state index is 13.5. The molecule has 0 aliphatic carbocycles. The SMILES string of the molecule is CCOc1c(I)cc(/C=C2/N=C(c3cc(F)c(F)cc3Cl)OC2=O)cc1OC. The highest BCUT2D eigenvalue weighted by molar-refractivity contribution is 14.1. The van der Waals surface area contributed by atoms with E-state index in [1.165, 1.54) is 13.2 Å². The van der Waals surface area contributed by atoms with Crippen LogP contribution >= 0.6 is 34.2 Å². The summed E-state index contributed by atoms with van der Waals surface area (Å²) in [6, 6.07) is 5.09. The molecule has 1 heterocycles. The van der Waals surface area contributed by atoms with Crippen LogP contribution in [0, 0.1) is 15.2 Å². The molecule has 5 nitrogen and oxygen atoms in total. The van der Waals surface area contributed by atoms with Gasteiger partial charge in [0.15, 0.2) is 28.8 Å². The molecule has 0 amide bonds. The van der Waals surface area contributed by atoms with E-state index < -0.39 is 17.6 Å². The minimum Gasteiger partial charge on any atom is -0.493 e. The quantitative estimate of drug-likeness (QED) is 0.242. The molecule has 2 aromatic rings. The number of aliphatic imine (C=N–C) groups is 1. The number of hydrogen-bond acceptors (Lipinski definition) is 5. The predicted molar refractivity (Wildman–Crippen MR) is 109 cm³/mol. The molecule has 0 N–H and O–H groups in total. The van der Waals surface area contributed by atoms with Crippen LogP contribution in [0.25, 0.3) is 6.08 Å². The van der Waals surface area contributed by atoms with Gasteiger partial charge in [-0.3, -0.25) is 0 Å². The minimum atomic E-state index is -1.12. The Bertz CT molecular complexity index is 1020. The molecule has 0 fully saturated rings. The van der Waals surface area contributed by atoms with Crippen molar-refractivity contribution in [1.82, 2.24) is 0 Å². The molecule has 0 spiro atoms. The van der Waals surface area contributed by atoms with Crippen molar-refractivity contribution in [1.29, 1.82) is 0 Å². The Balaban J connectivity index is 2.00. The van der Waals surface area contributed by atoms with E-state index in [0.29, 0.717) is 23.7 Å². The van der Waals surface area contributed by atoms with E-state index >= 15 is 0 Å². The van der Waals surface area contributed by atoms with Crippen molar-refractivity contribution in [2.24, 2.45) is 4.99 Å². The van der Waals surface area contributed by atoms with Crippen LogP contribution in [0.3, 0.4) is 0 Å². The summed E-state index contributed by atoms with van der Waals surface area (Å²) in [5.41, 5.74) is 0.590. The van der Waals surface area contributed by atoms with Gasteiger partial charge in [0, 0.05) is 0 Å². The zero-order chi connectivity index (χ0) is 20.4. The van der Waals surface area contributed by atoms with Crippen LogP contribution in [-0.4, -0.2) is 25.6 Å². The van der Waals surface area contributed by atoms with Gasteiger partial charge in [0.1, 0.15) is 0 Å². The molecule has 0 radical (unpaired) electrons. The maximum Gasteiger partial charge on any atom is 0.363 e. The Labute approximate surface area is 178 Å². The summed E-state index contributed by atoms with van der Waals surface area (Å²) < 4.78 is 43.5. The van der Waals surface area contributed by atoms with Crippen LogP contribution in [0.5, 0.6) is 11.5 Å². The third-order valence-electron chi connectivity index (χ3n) is 3.70. The molecule has 3 rings (SSSR count). The lowest BCUT2D eigenvalue weighted by atomic mass is 10.1. The van der Waals surface area contributed by atoms with E-state index in [4.69, 9.17) is 25.8 Å². The number of nitrogens with zero attached hydrogens (tertiary/aromatic N) is 1. The number of benzene rings is 2. The highest BCUT2D eigenvalue weighted by Crippen LogP contribution is 2.35. The first-order valence-electron chi connectivity index (χ1n) is 8.01. The lowest BCUT2D eigenvalue weighted by Crippen LogP contribution is -2.07. The Morgan fingerprint density at radius 1 is 1.25 bits per heavy atom. The largest absolute Gasteiger partial charge is 0.493 e. The summed E-state index contributed by atoms with van der Waals surface area (Å²) in [7, 11) is 1.51. The number of hydrogen-bond donors (Lipinski definition) is 0. The molecular formula is C19H13ClF2INO4. The zero-order valence-electron chi connectivity index (χ0n) is 14.7. The average molecular weight is 520 g/mol. The third kappa shape index (κ3) is 4.12. The molecule has 28 heavy (non-hydrogen) atoms. The smallest absolute Gasteiger partial charge is 0.363 e. The minimum absolute atomic E-state index is 0.0159. The second-order valence-corrected chi connectivity index (χ2v) is 7.12. The molecule has 0 aromatic heterocycles. The number of ether oxygens (including phenoxy) is 3. The lowest BCUT2D eigenvalue weighted by Gasteiger charge is -2.12. The van der Waals surface area contributed by atoms with Gasteiger partial charge < -0.3 is 14.2 Å². The zero-order valence-corrected chi connectivity index (χ0v) is 17.6. The van der Waals surface area contributed by atoms with Crippen LogP contribution < -0.4 is 9.47 Å². The highest BCUT2D eigenvalue weighted by atomic mass is 127. The van der Waals surface area contributed by atoms with Gasteiger partial charge in [-0.05, 0) is 65.4 Å². The van der Waals surface area contributed by atoms with Gasteiger partial charge in [-0.25, -0.2) is 18.6 Å². The molecule has 0 atom stereocenters. The van der Waals surface area contributed by atoms with Crippen LogP contribution in [0.15, 0.2) is 35.0 Å². The summed E-state index contributed by atoms with van der Waals surface area (Å²) in [5, 5.41) is -0.121. The molecular weight excluding hydrogens is 507 g/mol. The molecule has 1 aliphatic heterocycles. The Kier molecular flexibility index (Phi) is 6.19. The summed E-state index contributed by atoms with van der Waals surface area (Å²) in [6.45, 7) is 2.33. The standard InChI is InChI=1S/C19H13ClF2INO4/c1-3-27-17-14(23)4-9(6-16(17)26-2)5-15-19(25)28-18(24-15)10-7-12(21)13(22)8-11(10)20/h4-8H,3H2,1-2H3/b15-5+. The number of carbonyl (C=O) groups excluding carboxylic acids is 1. The van der Waals surface area contributed by atoms with Crippen LogP contribution in [-0.2, 0) is 9.53 Å². The summed E-state index contributed by atoms with van der Waals surface area (Å²) in [5.74, 6) is -2.07. The number of rotatable bonds is 5. The summed E-state index contributed by atoms with van der Waals surface area (Å²) in [6.07, 6.45) is 1.49. The van der Waals surface area contributed by atoms with Crippen molar-refractivity contribution in [3.63, 3.8) is 0 Å². The van der Waals surface area contributed by atoms with E-state index in [0.717, 1.165) is 15.7 Å². The van der Waals surface area contributed by atoms with Gasteiger partial charge in [-0.1, -0.05) is 11.6 Å². The topological polar surface area (TPSA) is 57.1 Å². The molecule has 0 unspecified atom stereocenters. The molecule has 2 aromatic carbocycles. The first-order chi connectivity index (χ1) is 13.3. The van der Waals surface area contributed by atoms with Crippen molar-refractivity contribution in [2.45, 2.75) is 6.92 Å². The van der Waals surface area contributed by atoms with Crippen molar-refractivity contribution >= 4 is 52.1 Å². The van der Waals surface area contributed by atoms with E-state index in [9.17, 15) is 13.6 Å². The van der Waals surface area contributed by atoms with Gasteiger partial charge in [0.05, 0.1) is 27.9 Å². The van der Waals surface area contributed by atoms with Gasteiger partial charge in [0.2, 0.25) is 5.90 Å². The molecule has 9 heteroatoms. The molecule has 0 saturated carbocycles. The highest BCUT2D eigenvalue weighted by Gasteiger charge is 2.27. The first kappa shape index (κ1) is 20.5. The number of esters is 1. The Morgan fingerprint density at radius 3 is 2.64 bits per heavy atom. The van der Waals surface area contributed by atoms with Crippen LogP contribution in [0.1, 0.15) is 18.1 Å². The lowest BCUT2D eigenvalue weighted by molar-refractivity contribution is -0.129. The predicted octanol–water partition coefficient (Wildman–Crippen LogP) is 4.97. The van der Waals surface area contributed by atoms with Crippen molar-refractivity contribution in [3.8, 4) is 11.5 Å². The van der Waals surface area contributed by atoms with Crippen molar-refractivity contribution < 1.29 is 27.8 Å². The van der Waals surface area contributed by atoms with Gasteiger partial charge >= 0.3 is 5.97 Å². The second-order valence-electron chi connectivity index (χ2n) is 5.55. The molecule has 0 bridgehead atoms. The van der Waals surface area contributed by atoms with E-state index in [2.05, 4.69) is 27.6 Å². The Hall–Kier alpha value is -2.20. The van der Waals surface area contributed by atoms with Crippen molar-refractivity contribution in [3.05, 3.63) is 61.3 Å². The normalized spacial score (nSPS) is 14.9.